The molecule has 0 bridgehead atoms. The standard InChI is InChI=1S/C8H15N/c1-5-7(2)8(3)6-9-4/h5-6,9H,1-4H3/b7-5-,8-6-. The van der Waals surface area contributed by atoms with Crippen LogP contribution in [0.2, 0.25) is 0 Å². The van der Waals surface area contributed by atoms with Crippen LogP contribution in [0.25, 0.3) is 0 Å². The maximum atomic E-state index is 2.98. The van der Waals surface area contributed by atoms with Crippen LogP contribution in [0.3, 0.4) is 0 Å². The molecule has 0 aromatic heterocycles. The van der Waals surface area contributed by atoms with Gasteiger partial charge in [0.15, 0.2) is 0 Å². The summed E-state index contributed by atoms with van der Waals surface area (Å²) < 4.78 is 0. The summed E-state index contributed by atoms with van der Waals surface area (Å²) in [7, 11) is 1.91. The molecule has 0 saturated carbocycles. The largest absolute Gasteiger partial charge is 0.394 e. The second-order valence-corrected chi connectivity index (χ2v) is 2.09. The van der Waals surface area contributed by atoms with E-state index in [2.05, 4.69) is 25.2 Å². The van der Waals surface area contributed by atoms with Crippen LogP contribution in [0, 0.1) is 0 Å². The fraction of sp³-hybridized carbons (Fsp3) is 0.500. The third-order valence-electron chi connectivity index (χ3n) is 1.42. The molecule has 1 N–H and O–H groups in total. The first-order chi connectivity index (χ1) is 4.22. The fourth-order valence-corrected chi connectivity index (χ4v) is 0.558. The minimum absolute atomic E-state index is 1.29. The lowest BCUT2D eigenvalue weighted by Crippen LogP contribution is -1.94. The number of allylic oxidation sites excluding steroid dienone is 3. The first kappa shape index (κ1) is 8.28. The summed E-state index contributed by atoms with van der Waals surface area (Å²) in [4.78, 5) is 0. The van der Waals surface area contributed by atoms with Crippen LogP contribution in [-0.4, -0.2) is 7.05 Å². The molecule has 0 aliphatic rings. The highest BCUT2D eigenvalue weighted by Gasteiger charge is 1.86. The normalized spacial score (nSPS) is 13.8. The van der Waals surface area contributed by atoms with Gasteiger partial charge in [-0.05, 0) is 32.5 Å². The van der Waals surface area contributed by atoms with Gasteiger partial charge < -0.3 is 5.32 Å². The molecule has 0 heterocycles. The van der Waals surface area contributed by atoms with E-state index in [1.165, 1.54) is 11.1 Å². The molecule has 0 atom stereocenters. The zero-order valence-electron chi connectivity index (χ0n) is 6.65. The maximum absolute atomic E-state index is 2.98. The number of hydrogen-bond acceptors (Lipinski definition) is 1. The molecule has 0 aromatic rings. The molecule has 1 heteroatoms. The fourth-order valence-electron chi connectivity index (χ4n) is 0.558. The Bertz CT molecular complexity index is 132. The zero-order valence-corrected chi connectivity index (χ0v) is 6.65. The predicted molar refractivity (Wildman–Crippen MR) is 42.2 cm³/mol. The van der Waals surface area contributed by atoms with Crippen molar-refractivity contribution < 1.29 is 0 Å². The Balaban J connectivity index is 4.03. The Kier molecular flexibility index (Phi) is 3.85. The Morgan fingerprint density at radius 3 is 2.11 bits per heavy atom. The van der Waals surface area contributed by atoms with Gasteiger partial charge in [0, 0.05) is 7.05 Å². The van der Waals surface area contributed by atoms with Crippen molar-refractivity contribution in [2.45, 2.75) is 20.8 Å². The molecule has 9 heavy (non-hydrogen) atoms. The van der Waals surface area contributed by atoms with Crippen LogP contribution in [0.1, 0.15) is 20.8 Å². The van der Waals surface area contributed by atoms with Crippen LogP contribution in [-0.2, 0) is 0 Å². The minimum Gasteiger partial charge on any atom is -0.394 e. The Hall–Kier alpha value is -0.720. The van der Waals surface area contributed by atoms with E-state index < -0.39 is 0 Å². The lowest BCUT2D eigenvalue weighted by Gasteiger charge is -1.98. The van der Waals surface area contributed by atoms with Crippen molar-refractivity contribution in [2.24, 2.45) is 0 Å². The second-order valence-electron chi connectivity index (χ2n) is 2.09. The first-order valence-electron chi connectivity index (χ1n) is 3.19. The van der Waals surface area contributed by atoms with Gasteiger partial charge in [0.05, 0.1) is 0 Å². The molecule has 52 valence electrons. The quantitative estimate of drug-likeness (QED) is 0.557. The maximum Gasteiger partial charge on any atom is 0.00278 e. The summed E-state index contributed by atoms with van der Waals surface area (Å²) in [6.07, 6.45) is 4.10. The molecule has 0 amide bonds. The smallest absolute Gasteiger partial charge is 0.00278 e. The molecule has 0 aliphatic heterocycles. The van der Waals surface area contributed by atoms with Gasteiger partial charge in [0.1, 0.15) is 0 Å². The van der Waals surface area contributed by atoms with Crippen molar-refractivity contribution in [3.8, 4) is 0 Å². The molecule has 0 rings (SSSR count). The van der Waals surface area contributed by atoms with E-state index in [1.54, 1.807) is 0 Å². The molecule has 0 unspecified atom stereocenters. The highest BCUT2D eigenvalue weighted by Crippen LogP contribution is 2.04. The van der Waals surface area contributed by atoms with Crippen LogP contribution in [0.5, 0.6) is 0 Å². The number of rotatable bonds is 2. The lowest BCUT2D eigenvalue weighted by molar-refractivity contribution is 1.07. The van der Waals surface area contributed by atoms with E-state index in [-0.39, 0.29) is 0 Å². The summed E-state index contributed by atoms with van der Waals surface area (Å²) in [6, 6.07) is 0. The van der Waals surface area contributed by atoms with Crippen molar-refractivity contribution in [1.82, 2.24) is 5.32 Å². The number of nitrogens with one attached hydrogen (secondary N) is 1. The van der Waals surface area contributed by atoms with Gasteiger partial charge in [-0.1, -0.05) is 11.6 Å². The zero-order chi connectivity index (χ0) is 7.28. The molecular formula is C8H15N. The number of hydrogen-bond donors (Lipinski definition) is 1. The average molecular weight is 125 g/mol. The van der Waals surface area contributed by atoms with Crippen LogP contribution < -0.4 is 5.32 Å². The third kappa shape index (κ3) is 2.96. The van der Waals surface area contributed by atoms with E-state index in [9.17, 15) is 0 Å². The van der Waals surface area contributed by atoms with Gasteiger partial charge in [0.2, 0.25) is 0 Å². The van der Waals surface area contributed by atoms with Crippen molar-refractivity contribution in [3.63, 3.8) is 0 Å². The van der Waals surface area contributed by atoms with Crippen molar-refractivity contribution in [1.29, 1.82) is 0 Å². The molecule has 0 aliphatic carbocycles. The van der Waals surface area contributed by atoms with Crippen LogP contribution in [0.4, 0.5) is 0 Å². The van der Waals surface area contributed by atoms with Gasteiger partial charge in [0.25, 0.3) is 0 Å². The van der Waals surface area contributed by atoms with Gasteiger partial charge in [-0.3, -0.25) is 0 Å². The van der Waals surface area contributed by atoms with Gasteiger partial charge >= 0.3 is 0 Å². The summed E-state index contributed by atoms with van der Waals surface area (Å²) in [5.41, 5.74) is 2.62. The SMILES string of the molecule is C/C=C(C)\C(C)=C/NC. The minimum atomic E-state index is 1.29. The van der Waals surface area contributed by atoms with E-state index in [4.69, 9.17) is 0 Å². The highest BCUT2D eigenvalue weighted by atomic mass is 14.8. The van der Waals surface area contributed by atoms with Crippen molar-refractivity contribution >= 4 is 0 Å². The summed E-state index contributed by atoms with van der Waals surface area (Å²) >= 11 is 0. The van der Waals surface area contributed by atoms with Gasteiger partial charge in [-0.25, -0.2) is 0 Å². The van der Waals surface area contributed by atoms with Crippen molar-refractivity contribution in [3.05, 3.63) is 23.4 Å². The van der Waals surface area contributed by atoms with Crippen LogP contribution in [0.15, 0.2) is 23.4 Å². The molecule has 0 saturated heterocycles. The lowest BCUT2D eigenvalue weighted by atomic mass is 10.1. The first-order valence-corrected chi connectivity index (χ1v) is 3.19. The Labute approximate surface area is 57.5 Å². The topological polar surface area (TPSA) is 12.0 Å². The average Bonchev–Trinajstić information content (AvgIpc) is 1.87. The van der Waals surface area contributed by atoms with E-state index in [0.717, 1.165) is 0 Å². The van der Waals surface area contributed by atoms with Gasteiger partial charge in [-0.2, -0.15) is 0 Å². The predicted octanol–water partition coefficient (Wildman–Crippen LogP) is 2.08. The molecule has 1 nitrogen and oxygen atoms in total. The molecule has 0 spiro atoms. The second kappa shape index (κ2) is 4.19. The van der Waals surface area contributed by atoms with E-state index in [1.807, 2.05) is 20.2 Å². The van der Waals surface area contributed by atoms with Gasteiger partial charge in [-0.15, -0.1) is 0 Å². The van der Waals surface area contributed by atoms with Crippen LogP contribution >= 0.6 is 0 Å². The Morgan fingerprint density at radius 2 is 1.78 bits per heavy atom. The van der Waals surface area contributed by atoms with E-state index in [0.29, 0.717) is 0 Å². The summed E-state index contributed by atoms with van der Waals surface area (Å²) in [6.45, 7) is 6.23. The van der Waals surface area contributed by atoms with Crippen molar-refractivity contribution in [2.75, 3.05) is 7.05 Å². The summed E-state index contributed by atoms with van der Waals surface area (Å²) in [5.74, 6) is 0. The summed E-state index contributed by atoms with van der Waals surface area (Å²) in [5, 5.41) is 2.98. The van der Waals surface area contributed by atoms with E-state index >= 15 is 0 Å². The highest BCUT2D eigenvalue weighted by molar-refractivity contribution is 5.25. The third-order valence-corrected chi connectivity index (χ3v) is 1.42. The monoisotopic (exact) mass is 125 g/mol. The molecular weight excluding hydrogens is 110 g/mol. The molecule has 0 aromatic carbocycles. The molecule has 0 radical (unpaired) electrons. The Morgan fingerprint density at radius 1 is 1.22 bits per heavy atom. The molecule has 0 fully saturated rings.